The summed E-state index contributed by atoms with van der Waals surface area (Å²) in [6.45, 7) is 0. The third kappa shape index (κ3) is 3.63. The molecule has 0 bridgehead atoms. The Bertz CT molecular complexity index is 2210. The molecule has 0 saturated carbocycles. The van der Waals surface area contributed by atoms with Gasteiger partial charge in [0.1, 0.15) is 0 Å². The summed E-state index contributed by atoms with van der Waals surface area (Å²) in [6.07, 6.45) is 0. The third-order valence-corrected chi connectivity index (χ3v) is 7.69. The maximum absolute atomic E-state index is 5.21. The minimum atomic E-state index is 0.662. The lowest BCUT2D eigenvalue weighted by Crippen LogP contribution is -2.01. The number of benzene rings is 7. The number of hydrogen-bond acceptors (Lipinski definition) is 3. The van der Waals surface area contributed by atoms with Crippen LogP contribution in [0.4, 0.5) is 0 Å². The summed E-state index contributed by atoms with van der Waals surface area (Å²) >= 11 is 0. The summed E-state index contributed by atoms with van der Waals surface area (Å²) in [7, 11) is 0. The molecule has 0 atom stereocenters. The van der Waals surface area contributed by atoms with E-state index >= 15 is 0 Å². The van der Waals surface area contributed by atoms with Gasteiger partial charge in [-0.3, -0.25) is 0 Å². The number of fused-ring (bicyclic) bond motifs is 5. The fourth-order valence-electron chi connectivity index (χ4n) is 5.81. The first kappa shape index (κ1) is 22.6. The molecule has 1 heterocycles. The molecule has 0 unspecified atom stereocenters. The summed E-state index contributed by atoms with van der Waals surface area (Å²) < 4.78 is 0. The largest absolute Gasteiger partial charge is 0.208 e. The van der Waals surface area contributed by atoms with Crippen LogP contribution < -0.4 is 0 Å². The molecule has 0 aliphatic rings. The molecular weight excluding hydrogens is 486 g/mol. The van der Waals surface area contributed by atoms with Crippen molar-refractivity contribution in [2.75, 3.05) is 0 Å². The van der Waals surface area contributed by atoms with E-state index in [2.05, 4.69) is 121 Å². The second-order valence-corrected chi connectivity index (χ2v) is 10.1. The van der Waals surface area contributed by atoms with E-state index in [0.29, 0.717) is 17.5 Å². The van der Waals surface area contributed by atoms with Gasteiger partial charge >= 0.3 is 0 Å². The lowest BCUT2D eigenvalue weighted by Gasteiger charge is -2.15. The second kappa shape index (κ2) is 9.11. The van der Waals surface area contributed by atoms with E-state index in [1.165, 1.54) is 16.2 Å². The van der Waals surface area contributed by atoms with Gasteiger partial charge in [0.2, 0.25) is 0 Å². The van der Waals surface area contributed by atoms with Gasteiger partial charge in [-0.1, -0.05) is 133 Å². The smallest absolute Gasteiger partial charge is 0.165 e. The average molecular weight is 510 g/mol. The molecule has 7 aromatic carbocycles. The van der Waals surface area contributed by atoms with E-state index in [1.54, 1.807) is 0 Å². The molecule has 1 aromatic heterocycles. The second-order valence-electron chi connectivity index (χ2n) is 10.1. The van der Waals surface area contributed by atoms with Crippen LogP contribution in [0.3, 0.4) is 0 Å². The highest BCUT2D eigenvalue weighted by Crippen LogP contribution is 2.39. The average Bonchev–Trinajstić information content (AvgIpc) is 3.03. The standard InChI is InChI=1S/C37H23N3/c1-2-13-26(14-3-1)35-38-36(32-20-10-16-24-11-4-7-17-28(24)32)40-37(39-35)34-30-19-9-6-15-27(30)23-33-29-18-8-5-12-25(29)21-22-31(33)34/h1-23H. The summed E-state index contributed by atoms with van der Waals surface area (Å²) in [5.74, 6) is 2.01. The van der Waals surface area contributed by atoms with Crippen molar-refractivity contribution in [1.82, 2.24) is 15.0 Å². The summed E-state index contributed by atoms with van der Waals surface area (Å²) in [5.41, 5.74) is 2.98. The first-order chi connectivity index (χ1) is 19.8. The lowest BCUT2D eigenvalue weighted by molar-refractivity contribution is 1.08. The Balaban J connectivity index is 1.51. The molecule has 0 spiro atoms. The molecule has 0 radical (unpaired) electrons. The van der Waals surface area contributed by atoms with Gasteiger partial charge in [0.15, 0.2) is 17.5 Å². The molecule has 0 aliphatic heterocycles. The minimum Gasteiger partial charge on any atom is -0.208 e. The van der Waals surface area contributed by atoms with Gasteiger partial charge in [0.05, 0.1) is 0 Å². The van der Waals surface area contributed by atoms with Crippen molar-refractivity contribution in [3.05, 3.63) is 140 Å². The normalized spacial score (nSPS) is 11.5. The number of nitrogens with zero attached hydrogens (tertiary/aromatic N) is 3. The summed E-state index contributed by atoms with van der Waals surface area (Å²) in [4.78, 5) is 15.4. The number of rotatable bonds is 3. The zero-order valence-corrected chi connectivity index (χ0v) is 21.6. The van der Waals surface area contributed by atoms with Gasteiger partial charge in [-0.15, -0.1) is 0 Å². The lowest BCUT2D eigenvalue weighted by atomic mass is 9.93. The molecule has 0 amide bonds. The van der Waals surface area contributed by atoms with Gasteiger partial charge in [-0.05, 0) is 49.2 Å². The molecule has 40 heavy (non-hydrogen) atoms. The zero-order valence-electron chi connectivity index (χ0n) is 21.6. The van der Waals surface area contributed by atoms with Crippen molar-refractivity contribution in [2.24, 2.45) is 0 Å². The highest BCUT2D eigenvalue weighted by molar-refractivity contribution is 6.19. The quantitative estimate of drug-likeness (QED) is 0.176. The van der Waals surface area contributed by atoms with E-state index in [-0.39, 0.29) is 0 Å². The monoisotopic (exact) mass is 509 g/mol. The Morgan fingerprint density at radius 3 is 1.75 bits per heavy atom. The fourth-order valence-corrected chi connectivity index (χ4v) is 5.81. The Kier molecular flexibility index (Phi) is 5.14. The number of aromatic nitrogens is 3. The molecule has 0 saturated heterocycles. The molecule has 8 aromatic rings. The Hall–Kier alpha value is -5.41. The van der Waals surface area contributed by atoms with Crippen molar-refractivity contribution in [2.45, 2.75) is 0 Å². The zero-order chi connectivity index (χ0) is 26.5. The highest BCUT2D eigenvalue weighted by atomic mass is 15.0. The van der Waals surface area contributed by atoms with Crippen LogP contribution in [-0.4, -0.2) is 15.0 Å². The molecule has 3 nitrogen and oxygen atoms in total. The Morgan fingerprint density at radius 1 is 0.325 bits per heavy atom. The molecule has 186 valence electrons. The van der Waals surface area contributed by atoms with Gasteiger partial charge < -0.3 is 0 Å². The van der Waals surface area contributed by atoms with Crippen LogP contribution in [0.15, 0.2) is 140 Å². The maximum atomic E-state index is 5.21. The molecular formula is C37H23N3. The fraction of sp³-hybridized carbons (Fsp3) is 0. The predicted octanol–water partition coefficient (Wildman–Crippen LogP) is 9.49. The minimum absolute atomic E-state index is 0.662. The van der Waals surface area contributed by atoms with Gasteiger partial charge in [-0.2, -0.15) is 0 Å². The van der Waals surface area contributed by atoms with Gasteiger partial charge in [0, 0.05) is 16.7 Å². The number of hydrogen-bond donors (Lipinski definition) is 0. The SMILES string of the molecule is c1ccc(-c2nc(-c3cccc4ccccc34)nc(-c3c4ccccc4cc4c3ccc3ccccc34)n2)cc1. The van der Waals surface area contributed by atoms with E-state index in [4.69, 9.17) is 15.0 Å². The third-order valence-electron chi connectivity index (χ3n) is 7.69. The maximum Gasteiger partial charge on any atom is 0.165 e. The molecule has 0 aliphatic carbocycles. The topological polar surface area (TPSA) is 38.7 Å². The van der Waals surface area contributed by atoms with Crippen LogP contribution in [0.25, 0.3) is 77.3 Å². The predicted molar refractivity (Wildman–Crippen MR) is 166 cm³/mol. The van der Waals surface area contributed by atoms with Crippen LogP contribution in [0.2, 0.25) is 0 Å². The highest BCUT2D eigenvalue weighted by Gasteiger charge is 2.18. The van der Waals surface area contributed by atoms with Gasteiger partial charge in [-0.25, -0.2) is 15.0 Å². The van der Waals surface area contributed by atoms with Crippen LogP contribution >= 0.6 is 0 Å². The van der Waals surface area contributed by atoms with Crippen LogP contribution in [-0.2, 0) is 0 Å². The van der Waals surface area contributed by atoms with Gasteiger partial charge in [0.25, 0.3) is 0 Å². The van der Waals surface area contributed by atoms with E-state index in [9.17, 15) is 0 Å². The van der Waals surface area contributed by atoms with E-state index < -0.39 is 0 Å². The first-order valence-electron chi connectivity index (χ1n) is 13.5. The van der Waals surface area contributed by atoms with Crippen LogP contribution in [0.1, 0.15) is 0 Å². The molecule has 3 heteroatoms. The van der Waals surface area contributed by atoms with Crippen molar-refractivity contribution in [3.63, 3.8) is 0 Å². The van der Waals surface area contributed by atoms with Crippen molar-refractivity contribution >= 4 is 43.1 Å². The first-order valence-corrected chi connectivity index (χ1v) is 13.5. The summed E-state index contributed by atoms with van der Waals surface area (Å²) in [6, 6.07) is 48.6. The molecule has 0 N–H and O–H groups in total. The van der Waals surface area contributed by atoms with Crippen LogP contribution in [0, 0.1) is 0 Å². The van der Waals surface area contributed by atoms with Crippen LogP contribution in [0.5, 0.6) is 0 Å². The Morgan fingerprint density at radius 2 is 0.925 bits per heavy atom. The van der Waals surface area contributed by atoms with Crippen molar-refractivity contribution in [1.29, 1.82) is 0 Å². The van der Waals surface area contributed by atoms with E-state index in [0.717, 1.165) is 43.6 Å². The van der Waals surface area contributed by atoms with Crippen molar-refractivity contribution in [3.8, 4) is 34.2 Å². The molecule has 8 rings (SSSR count). The van der Waals surface area contributed by atoms with Crippen molar-refractivity contribution < 1.29 is 0 Å². The Labute approximate surface area is 231 Å². The summed E-state index contributed by atoms with van der Waals surface area (Å²) in [5, 5.41) is 9.33. The molecule has 0 fully saturated rings. The van der Waals surface area contributed by atoms with E-state index in [1.807, 2.05) is 18.2 Å².